The van der Waals surface area contributed by atoms with Crippen LogP contribution in [0.25, 0.3) is 0 Å². The van der Waals surface area contributed by atoms with E-state index in [2.05, 4.69) is 99.4 Å². The number of piperidine rings is 2. The Bertz CT molecular complexity index is 2050. The molecule has 0 unspecified atom stereocenters. The van der Waals surface area contributed by atoms with Crippen LogP contribution in [0.4, 0.5) is 11.4 Å². The summed E-state index contributed by atoms with van der Waals surface area (Å²) in [5.74, 6) is 1.27. The van der Waals surface area contributed by atoms with Crippen molar-refractivity contribution in [2.24, 2.45) is 17.8 Å². The molecule has 0 aromatic heterocycles. The Labute approximate surface area is 287 Å². The molecule has 2 aromatic rings. The molecule has 2 spiro atoms. The molecule has 6 fully saturated rings. The predicted molar refractivity (Wildman–Crippen MR) is 187 cm³/mol. The number of rotatable bonds is 2. The monoisotopic (exact) mass is 650 g/mol. The van der Waals surface area contributed by atoms with E-state index >= 15 is 4.79 Å². The number of fused-ring (bicyclic) bond motifs is 8. The van der Waals surface area contributed by atoms with Gasteiger partial charge in [0.1, 0.15) is 0 Å². The van der Waals surface area contributed by atoms with Crippen molar-refractivity contribution in [3.05, 3.63) is 106 Å². The summed E-state index contributed by atoms with van der Waals surface area (Å²) in [5.41, 5.74) is 9.80. The van der Waals surface area contributed by atoms with Gasteiger partial charge in [-0.2, -0.15) is 0 Å². The van der Waals surface area contributed by atoms with Gasteiger partial charge in [0.05, 0.1) is 18.7 Å². The van der Waals surface area contributed by atoms with Crippen molar-refractivity contribution in [1.82, 2.24) is 9.80 Å². The van der Waals surface area contributed by atoms with Crippen molar-refractivity contribution in [3.63, 3.8) is 0 Å². The smallest absolute Gasteiger partial charge is 0.255 e. The van der Waals surface area contributed by atoms with Crippen LogP contribution in [0.1, 0.15) is 50.2 Å². The number of para-hydroxylation sites is 2. The van der Waals surface area contributed by atoms with E-state index in [4.69, 9.17) is 0 Å². The fraction of sp³-hybridized carbons (Fsp3) is 0.476. The molecular formula is C42H42N4O3. The van der Waals surface area contributed by atoms with Crippen LogP contribution >= 0.6 is 0 Å². The van der Waals surface area contributed by atoms with Gasteiger partial charge in [-0.05, 0) is 73.9 Å². The second-order valence-corrected chi connectivity index (χ2v) is 16.6. The molecule has 12 rings (SSSR count). The summed E-state index contributed by atoms with van der Waals surface area (Å²) in [4.78, 5) is 39.1. The third kappa shape index (κ3) is 2.96. The second kappa shape index (κ2) is 9.11. The van der Waals surface area contributed by atoms with Crippen LogP contribution in [0.15, 0.2) is 95.1 Å². The quantitative estimate of drug-likeness (QED) is 0.481. The Kier molecular flexibility index (Phi) is 5.20. The van der Waals surface area contributed by atoms with Gasteiger partial charge in [-0.3, -0.25) is 19.4 Å². The van der Waals surface area contributed by atoms with Crippen molar-refractivity contribution in [2.75, 3.05) is 36.0 Å². The molecule has 49 heavy (non-hydrogen) atoms. The molecule has 2 saturated carbocycles. The third-order valence-corrected chi connectivity index (χ3v) is 15.5. The van der Waals surface area contributed by atoms with Gasteiger partial charge in [-0.1, -0.05) is 71.8 Å². The van der Waals surface area contributed by atoms with E-state index in [0.717, 1.165) is 62.3 Å². The molecule has 7 heteroatoms. The summed E-state index contributed by atoms with van der Waals surface area (Å²) in [6, 6.07) is 18.3. The summed E-state index contributed by atoms with van der Waals surface area (Å²) >= 11 is 0. The molecular weight excluding hydrogens is 608 g/mol. The van der Waals surface area contributed by atoms with Crippen LogP contribution in [-0.2, 0) is 20.4 Å². The van der Waals surface area contributed by atoms with E-state index in [0.29, 0.717) is 24.3 Å². The van der Waals surface area contributed by atoms with Crippen LogP contribution in [0.5, 0.6) is 0 Å². The third-order valence-electron chi connectivity index (χ3n) is 15.5. The maximum atomic E-state index is 15.5. The highest BCUT2D eigenvalue weighted by atomic mass is 16.2. The largest absolute Gasteiger partial charge is 0.392 e. The first-order chi connectivity index (χ1) is 24.0. The first-order valence-electron chi connectivity index (χ1n) is 18.7. The molecule has 8 aliphatic heterocycles. The first kappa shape index (κ1) is 28.0. The maximum absolute atomic E-state index is 15.5. The van der Waals surface area contributed by atoms with Gasteiger partial charge in [0.2, 0.25) is 5.91 Å². The number of hydrogen-bond donors (Lipinski definition) is 1. The number of aliphatic hydroxyl groups is 1. The second-order valence-electron chi connectivity index (χ2n) is 16.6. The summed E-state index contributed by atoms with van der Waals surface area (Å²) in [6.07, 6.45) is 13.7. The molecule has 2 aromatic carbocycles. The Hall–Kier alpha value is -3.78. The van der Waals surface area contributed by atoms with Gasteiger partial charge in [-0.25, -0.2) is 0 Å². The molecule has 8 heterocycles. The minimum absolute atomic E-state index is 0.0119. The molecule has 0 radical (unpaired) electrons. The summed E-state index contributed by atoms with van der Waals surface area (Å²) in [7, 11) is 0. The number of benzene rings is 2. The molecule has 248 valence electrons. The lowest BCUT2D eigenvalue weighted by atomic mass is 9.54. The molecule has 2 aliphatic carbocycles. The van der Waals surface area contributed by atoms with Gasteiger partial charge in [0.15, 0.2) is 0 Å². The van der Waals surface area contributed by atoms with Gasteiger partial charge >= 0.3 is 0 Å². The number of hydrogen-bond acceptors (Lipinski definition) is 5. The number of aliphatic hydroxyl groups excluding tert-OH is 1. The van der Waals surface area contributed by atoms with Crippen LogP contribution in [0, 0.1) is 17.8 Å². The van der Waals surface area contributed by atoms with Crippen molar-refractivity contribution in [3.8, 4) is 0 Å². The van der Waals surface area contributed by atoms with Crippen LogP contribution in [-0.4, -0.2) is 83.2 Å². The predicted octanol–water partition coefficient (Wildman–Crippen LogP) is 4.63. The molecule has 10 aliphatic rings. The van der Waals surface area contributed by atoms with Gasteiger partial charge in [0, 0.05) is 77.2 Å². The highest BCUT2D eigenvalue weighted by Crippen LogP contribution is 2.68. The van der Waals surface area contributed by atoms with Crippen molar-refractivity contribution in [1.29, 1.82) is 0 Å². The molecule has 4 bridgehead atoms. The minimum Gasteiger partial charge on any atom is -0.392 e. The number of carbonyl (C=O) groups excluding carboxylic acids is 2. The van der Waals surface area contributed by atoms with E-state index in [1.165, 1.54) is 27.8 Å². The fourth-order valence-electron chi connectivity index (χ4n) is 14.1. The number of carbonyl (C=O) groups is 2. The van der Waals surface area contributed by atoms with E-state index in [-0.39, 0.29) is 59.3 Å². The Morgan fingerprint density at radius 3 is 2.49 bits per heavy atom. The number of anilines is 2. The highest BCUT2D eigenvalue weighted by molar-refractivity contribution is 6.10. The zero-order valence-corrected chi connectivity index (χ0v) is 28.0. The zero-order chi connectivity index (χ0) is 32.6. The average Bonchev–Trinajstić information content (AvgIpc) is 3.86. The van der Waals surface area contributed by atoms with Crippen LogP contribution in [0.2, 0.25) is 0 Å². The fourth-order valence-corrected chi connectivity index (χ4v) is 14.1. The SMILES string of the molecule is CC=C1CN2[C@@H](C3=C[C@@H]4[C@@H]5N(C3=O)c3ccccc3[C@@]53CCN5CC(=CCO)[C@@H]4C[C@H]53)C[C@@]34c5ccccc5N5C(=O)CC=C([C@H]1C[C@H]23)[C@H]54. The van der Waals surface area contributed by atoms with E-state index in [1.807, 2.05) is 0 Å². The minimum atomic E-state index is -0.239. The lowest BCUT2D eigenvalue weighted by molar-refractivity contribution is -0.119. The topological polar surface area (TPSA) is 67.3 Å². The molecule has 2 amide bonds. The normalized spacial score (nSPS) is 43.5. The summed E-state index contributed by atoms with van der Waals surface area (Å²) < 4.78 is 0. The maximum Gasteiger partial charge on any atom is 0.255 e. The van der Waals surface area contributed by atoms with E-state index in [9.17, 15) is 9.90 Å². The molecule has 4 saturated heterocycles. The van der Waals surface area contributed by atoms with Crippen LogP contribution in [0.3, 0.4) is 0 Å². The lowest BCUT2D eigenvalue weighted by Gasteiger charge is -2.57. The summed E-state index contributed by atoms with van der Waals surface area (Å²) in [6.45, 7) is 5.07. The van der Waals surface area contributed by atoms with E-state index in [1.54, 1.807) is 0 Å². The highest BCUT2D eigenvalue weighted by Gasteiger charge is 2.72. The Morgan fingerprint density at radius 1 is 0.918 bits per heavy atom. The van der Waals surface area contributed by atoms with Crippen molar-refractivity contribution in [2.45, 2.75) is 80.1 Å². The Balaban J connectivity index is 1.07. The Morgan fingerprint density at radius 2 is 1.69 bits per heavy atom. The van der Waals surface area contributed by atoms with Crippen molar-refractivity contribution >= 4 is 23.2 Å². The molecule has 7 nitrogen and oxygen atoms in total. The molecule has 1 N–H and O–H groups in total. The standard InChI is InChI=1S/C42H42N4O3/c1-2-23-22-44-34(20-42-31-8-4-5-9-32(31)45-37(48)12-11-25(38(42)45)26(23)19-36(42)44)29-17-28-27-18-35-41(14-15-43(35)21-24(27)13-16-47)30-7-3-6-10-33(30)46(39(28)41)40(29)49/h2-11,13,17,26-28,34-36,38-39,47H,12,14-16,18-22H2,1H3/t26-,27-,28-,34+,35-,36-,38-,39-,41+,42+/m0/s1. The number of amides is 2. The van der Waals surface area contributed by atoms with Crippen LogP contribution < -0.4 is 9.80 Å². The van der Waals surface area contributed by atoms with E-state index < -0.39 is 0 Å². The van der Waals surface area contributed by atoms with Gasteiger partial charge in [-0.15, -0.1) is 0 Å². The summed E-state index contributed by atoms with van der Waals surface area (Å²) in [5, 5.41) is 10.2. The molecule has 10 atom stereocenters. The number of nitrogens with zero attached hydrogens (tertiary/aromatic N) is 4. The lowest BCUT2D eigenvalue weighted by Crippen LogP contribution is -2.66. The van der Waals surface area contributed by atoms with Crippen molar-refractivity contribution < 1.29 is 14.7 Å². The number of allylic oxidation sites excluding steroid dienone is 1. The first-order valence-corrected chi connectivity index (χ1v) is 18.7. The van der Waals surface area contributed by atoms with Gasteiger partial charge < -0.3 is 14.9 Å². The average molecular weight is 651 g/mol. The van der Waals surface area contributed by atoms with Gasteiger partial charge in [0.25, 0.3) is 5.91 Å². The zero-order valence-electron chi connectivity index (χ0n) is 28.0.